The summed E-state index contributed by atoms with van der Waals surface area (Å²) in [7, 11) is 0. The molecule has 2 atom stereocenters. The summed E-state index contributed by atoms with van der Waals surface area (Å²) in [6.07, 6.45) is 9.19. The van der Waals surface area contributed by atoms with E-state index >= 15 is 0 Å². The lowest BCUT2D eigenvalue weighted by molar-refractivity contribution is 0.204. The van der Waals surface area contributed by atoms with Gasteiger partial charge in [0.05, 0.1) is 0 Å². The van der Waals surface area contributed by atoms with Gasteiger partial charge < -0.3 is 0 Å². The summed E-state index contributed by atoms with van der Waals surface area (Å²) in [5, 5.41) is 0. The highest BCUT2D eigenvalue weighted by molar-refractivity contribution is 5.29. The minimum atomic E-state index is 0.489. The van der Waals surface area contributed by atoms with E-state index in [1.54, 1.807) is 16.7 Å². The van der Waals surface area contributed by atoms with Crippen molar-refractivity contribution in [3.8, 4) is 0 Å². The van der Waals surface area contributed by atoms with E-state index < -0.39 is 0 Å². The molecule has 0 spiro atoms. The zero-order valence-corrected chi connectivity index (χ0v) is 10.7. The van der Waals surface area contributed by atoms with Crippen LogP contribution < -0.4 is 0 Å². The molecule has 0 bridgehead atoms. The predicted octanol–water partition coefficient (Wildman–Crippen LogP) is 4.87. The Hall–Kier alpha value is -0.520. The Morgan fingerprint density at radius 1 is 1.33 bits per heavy atom. The smallest absolute Gasteiger partial charge is 0.00534 e. The molecule has 0 heterocycles. The summed E-state index contributed by atoms with van der Waals surface area (Å²) in [6.45, 7) is 9.49. The van der Waals surface area contributed by atoms with Crippen LogP contribution >= 0.6 is 0 Å². The zero-order chi connectivity index (χ0) is 11.1. The topological polar surface area (TPSA) is 0 Å². The van der Waals surface area contributed by atoms with Crippen molar-refractivity contribution >= 4 is 0 Å². The first kappa shape index (κ1) is 11.0. The standard InChI is InChI=1S/C15H24/c1-11(2)13-8-9-14-7-5-6-12(3)15(14,4)10-13/h7,12H,5-6,8-10H2,1-4H3/t12-,15+/m1/s1. The zero-order valence-electron chi connectivity index (χ0n) is 10.7. The average molecular weight is 204 g/mol. The van der Waals surface area contributed by atoms with Crippen LogP contribution in [0.1, 0.15) is 59.8 Å². The third-order valence-corrected chi connectivity index (χ3v) is 4.80. The Balaban J connectivity index is 2.32. The molecule has 2 aliphatic rings. The summed E-state index contributed by atoms with van der Waals surface area (Å²) in [5.41, 5.74) is 5.53. The van der Waals surface area contributed by atoms with E-state index in [1.807, 2.05) is 0 Å². The first-order valence-corrected chi connectivity index (χ1v) is 6.39. The normalized spacial score (nSPS) is 35.9. The molecule has 0 saturated heterocycles. The van der Waals surface area contributed by atoms with Gasteiger partial charge in [0.25, 0.3) is 0 Å². The molecule has 0 aromatic heterocycles. The Morgan fingerprint density at radius 3 is 2.73 bits per heavy atom. The fourth-order valence-electron chi connectivity index (χ4n) is 3.30. The maximum Gasteiger partial charge on any atom is -0.00534 e. The third-order valence-electron chi connectivity index (χ3n) is 4.80. The van der Waals surface area contributed by atoms with E-state index in [9.17, 15) is 0 Å². The Kier molecular flexibility index (Phi) is 2.79. The number of hydrogen-bond acceptors (Lipinski definition) is 0. The van der Waals surface area contributed by atoms with Crippen molar-refractivity contribution in [2.75, 3.05) is 0 Å². The fraction of sp³-hybridized carbons (Fsp3) is 0.733. The van der Waals surface area contributed by atoms with Crippen LogP contribution in [0.4, 0.5) is 0 Å². The third kappa shape index (κ3) is 1.79. The average Bonchev–Trinajstić information content (AvgIpc) is 2.19. The molecule has 0 aromatic carbocycles. The first-order valence-electron chi connectivity index (χ1n) is 6.39. The summed E-state index contributed by atoms with van der Waals surface area (Å²) in [4.78, 5) is 0. The van der Waals surface area contributed by atoms with Crippen molar-refractivity contribution < 1.29 is 0 Å². The van der Waals surface area contributed by atoms with Gasteiger partial charge in [-0.15, -0.1) is 0 Å². The Morgan fingerprint density at radius 2 is 2.07 bits per heavy atom. The van der Waals surface area contributed by atoms with Crippen molar-refractivity contribution in [1.82, 2.24) is 0 Å². The second-order valence-corrected chi connectivity index (χ2v) is 5.91. The number of fused-ring (bicyclic) bond motifs is 1. The molecule has 15 heavy (non-hydrogen) atoms. The molecule has 2 aliphatic carbocycles. The molecule has 1 saturated carbocycles. The maximum absolute atomic E-state index is 2.53. The van der Waals surface area contributed by atoms with Gasteiger partial charge in [-0.1, -0.05) is 36.6 Å². The highest BCUT2D eigenvalue weighted by Gasteiger charge is 2.39. The summed E-state index contributed by atoms with van der Waals surface area (Å²) >= 11 is 0. The number of hydrogen-bond donors (Lipinski definition) is 0. The molecule has 0 nitrogen and oxygen atoms in total. The van der Waals surface area contributed by atoms with Crippen molar-refractivity contribution in [3.05, 3.63) is 22.8 Å². The number of allylic oxidation sites excluding steroid dienone is 4. The van der Waals surface area contributed by atoms with Crippen LogP contribution in [0.25, 0.3) is 0 Å². The molecule has 0 N–H and O–H groups in total. The van der Waals surface area contributed by atoms with Crippen molar-refractivity contribution in [2.45, 2.75) is 59.8 Å². The van der Waals surface area contributed by atoms with Gasteiger partial charge in [0.1, 0.15) is 0 Å². The molecule has 0 aliphatic heterocycles. The van der Waals surface area contributed by atoms with Gasteiger partial charge in [-0.3, -0.25) is 0 Å². The molecule has 0 unspecified atom stereocenters. The van der Waals surface area contributed by atoms with E-state index in [0.717, 1.165) is 5.92 Å². The summed E-state index contributed by atoms with van der Waals surface area (Å²) in [5.74, 6) is 0.868. The van der Waals surface area contributed by atoms with Crippen LogP contribution in [-0.4, -0.2) is 0 Å². The van der Waals surface area contributed by atoms with Gasteiger partial charge in [0, 0.05) is 0 Å². The second kappa shape index (κ2) is 3.81. The lowest BCUT2D eigenvalue weighted by Gasteiger charge is -2.45. The molecule has 0 heteroatoms. The highest BCUT2D eigenvalue weighted by Crippen LogP contribution is 2.52. The minimum absolute atomic E-state index is 0.489. The monoisotopic (exact) mass is 204 g/mol. The SMILES string of the molecule is CC(C)=C1CCC2=CCC[C@@H](C)[C@]2(C)C1. The molecule has 0 radical (unpaired) electrons. The van der Waals surface area contributed by atoms with Gasteiger partial charge in [-0.05, 0) is 57.3 Å². The van der Waals surface area contributed by atoms with E-state index in [0.29, 0.717) is 5.41 Å². The molecule has 0 amide bonds. The van der Waals surface area contributed by atoms with E-state index in [-0.39, 0.29) is 0 Å². The van der Waals surface area contributed by atoms with Gasteiger partial charge in [0.15, 0.2) is 0 Å². The lowest BCUT2D eigenvalue weighted by atomic mass is 9.59. The van der Waals surface area contributed by atoms with Crippen molar-refractivity contribution in [1.29, 1.82) is 0 Å². The first-order chi connectivity index (χ1) is 7.04. The molecular weight excluding hydrogens is 180 g/mol. The van der Waals surface area contributed by atoms with Crippen LogP contribution in [0.3, 0.4) is 0 Å². The van der Waals surface area contributed by atoms with Crippen LogP contribution in [0, 0.1) is 11.3 Å². The molecule has 0 aromatic rings. The van der Waals surface area contributed by atoms with Gasteiger partial charge in [-0.25, -0.2) is 0 Å². The summed E-state index contributed by atoms with van der Waals surface area (Å²) < 4.78 is 0. The van der Waals surface area contributed by atoms with Crippen LogP contribution in [0.15, 0.2) is 22.8 Å². The fourth-order valence-corrected chi connectivity index (χ4v) is 3.30. The Bertz CT molecular complexity index is 315. The highest BCUT2D eigenvalue weighted by atomic mass is 14.4. The van der Waals surface area contributed by atoms with Crippen LogP contribution in [-0.2, 0) is 0 Å². The predicted molar refractivity (Wildman–Crippen MR) is 66.8 cm³/mol. The van der Waals surface area contributed by atoms with Gasteiger partial charge >= 0.3 is 0 Å². The molecular formula is C15H24. The van der Waals surface area contributed by atoms with Gasteiger partial charge in [0.2, 0.25) is 0 Å². The Labute approximate surface area is 94.5 Å². The minimum Gasteiger partial charge on any atom is -0.0847 e. The second-order valence-electron chi connectivity index (χ2n) is 5.91. The van der Waals surface area contributed by atoms with Crippen molar-refractivity contribution in [3.63, 3.8) is 0 Å². The number of rotatable bonds is 0. The van der Waals surface area contributed by atoms with Crippen LogP contribution in [0.5, 0.6) is 0 Å². The van der Waals surface area contributed by atoms with Crippen LogP contribution in [0.2, 0.25) is 0 Å². The van der Waals surface area contributed by atoms with Gasteiger partial charge in [-0.2, -0.15) is 0 Å². The van der Waals surface area contributed by atoms with E-state index in [2.05, 4.69) is 33.8 Å². The molecule has 2 rings (SSSR count). The maximum atomic E-state index is 2.53. The largest absolute Gasteiger partial charge is 0.0847 e. The summed E-state index contributed by atoms with van der Waals surface area (Å²) in [6, 6.07) is 0. The van der Waals surface area contributed by atoms with Crippen molar-refractivity contribution in [2.24, 2.45) is 11.3 Å². The van der Waals surface area contributed by atoms with E-state index in [4.69, 9.17) is 0 Å². The van der Waals surface area contributed by atoms with E-state index in [1.165, 1.54) is 32.1 Å². The molecule has 1 fully saturated rings. The quantitative estimate of drug-likeness (QED) is 0.494. The lowest BCUT2D eigenvalue weighted by Crippen LogP contribution is -2.34. The molecule has 84 valence electrons.